The zero-order valence-electron chi connectivity index (χ0n) is 18.2. The topological polar surface area (TPSA) is 12.0 Å². The number of allylic oxidation sites excluding steroid dienone is 4. The van der Waals surface area contributed by atoms with Crippen molar-refractivity contribution in [3.8, 4) is 0 Å². The molecule has 1 nitrogen and oxygen atoms in total. The van der Waals surface area contributed by atoms with E-state index < -0.39 is 26.9 Å². The van der Waals surface area contributed by atoms with Crippen molar-refractivity contribution in [3.05, 3.63) is 80.7 Å². The van der Waals surface area contributed by atoms with E-state index in [-0.39, 0.29) is 24.8 Å². The van der Waals surface area contributed by atoms with Crippen molar-refractivity contribution in [2.75, 3.05) is 6.54 Å². The van der Waals surface area contributed by atoms with Crippen LogP contribution in [0, 0.1) is 5.92 Å². The zero-order valence-corrected chi connectivity index (χ0v) is 24.5. The third-order valence-corrected chi connectivity index (χ3v) is 33.6. The number of benzene rings is 2. The van der Waals surface area contributed by atoms with Gasteiger partial charge in [-0.3, -0.25) is 0 Å². The molecule has 1 aliphatic carbocycles. The summed E-state index contributed by atoms with van der Waals surface area (Å²) in [5, 5.41) is 3.23. The summed E-state index contributed by atoms with van der Waals surface area (Å²) in [5.74, 6) is -0.640. The van der Waals surface area contributed by atoms with Crippen LogP contribution in [0.15, 0.2) is 80.7 Å². The Kier molecular flexibility index (Phi) is 11.4. The summed E-state index contributed by atoms with van der Waals surface area (Å²) >= 11 is -2.29. The van der Waals surface area contributed by atoms with Crippen LogP contribution in [-0.2, 0) is 20.9 Å². The first-order valence-corrected chi connectivity index (χ1v) is 21.7. The normalized spacial score (nSPS) is 16.0. The van der Waals surface area contributed by atoms with Gasteiger partial charge in [0.25, 0.3) is 0 Å². The number of nitrogens with one attached hydrogen (secondary N) is 1. The molecule has 29 heavy (non-hydrogen) atoms. The maximum Gasteiger partial charge on any atom is -0.147 e. The Balaban J connectivity index is 0.00000210. The smallest absolute Gasteiger partial charge is 0.147 e. The van der Waals surface area contributed by atoms with Crippen LogP contribution in [-0.4, -0.2) is 12.5 Å². The van der Waals surface area contributed by atoms with E-state index in [1.54, 1.807) is 27.1 Å². The van der Waals surface area contributed by atoms with Gasteiger partial charge in [-0.2, -0.15) is 0 Å². The maximum absolute atomic E-state index is 4.20. The van der Waals surface area contributed by atoms with E-state index in [0.717, 1.165) is 6.54 Å². The van der Waals surface area contributed by atoms with Gasteiger partial charge >= 0.3 is 175 Å². The molecule has 0 fully saturated rings. The number of hydrogen-bond acceptors (Lipinski definition) is 1. The third kappa shape index (κ3) is 5.83. The Hall–Kier alpha value is -0.453. The molecule has 5 heteroatoms. The van der Waals surface area contributed by atoms with Crippen molar-refractivity contribution in [2.45, 2.75) is 41.0 Å². The molecule has 1 atom stereocenters. The van der Waals surface area contributed by atoms with Gasteiger partial charge in [0.05, 0.1) is 0 Å². The maximum atomic E-state index is 4.20. The van der Waals surface area contributed by atoms with Gasteiger partial charge in [0, 0.05) is 0 Å². The van der Waals surface area contributed by atoms with Crippen LogP contribution in [0.3, 0.4) is 0 Å². The molecule has 0 amide bonds. The van der Waals surface area contributed by atoms with Gasteiger partial charge in [-0.05, 0) is 0 Å². The second kappa shape index (κ2) is 12.4. The molecular formula is C24H34Cl2HfNSi. The fourth-order valence-corrected chi connectivity index (χ4v) is 36.0. The predicted octanol–water partition coefficient (Wildman–Crippen LogP) is 5.16. The summed E-state index contributed by atoms with van der Waals surface area (Å²) in [6.07, 6.45) is 1.21. The number of rotatable bonds is 7. The Morgan fingerprint density at radius 3 is 1.69 bits per heavy atom. The van der Waals surface area contributed by atoms with Gasteiger partial charge in [-0.25, -0.2) is 0 Å². The Morgan fingerprint density at radius 1 is 0.828 bits per heavy atom. The second-order valence-electron chi connectivity index (χ2n) is 7.66. The van der Waals surface area contributed by atoms with Crippen LogP contribution in [0.1, 0.15) is 41.0 Å². The monoisotopic (exact) mass is 614 g/mol. The molecule has 157 valence electrons. The van der Waals surface area contributed by atoms with E-state index in [2.05, 4.69) is 98.6 Å². The third-order valence-electron chi connectivity index (χ3n) is 6.05. The molecule has 3 rings (SSSR count). The standard InChI is InChI=1S/C12H11Si.C9H13.C3H8N.2ClH.Hf/c1-3-7-11(8-4-1)13-12-9-5-2-6-10-12;1-6-5-7(2)9(4)8(6)3;1-2-3-4;;;/h1-10,13H;6H,1-4H3;4H,2-3H2,1H3;2*1H;/q;;-1;;;+1. The molecule has 1 unspecified atom stereocenters. The van der Waals surface area contributed by atoms with E-state index in [0.29, 0.717) is 5.92 Å². The van der Waals surface area contributed by atoms with Crippen molar-refractivity contribution in [1.82, 2.24) is 3.30 Å². The van der Waals surface area contributed by atoms with Crippen molar-refractivity contribution in [3.63, 3.8) is 0 Å². The average molecular weight is 614 g/mol. The van der Waals surface area contributed by atoms with Crippen molar-refractivity contribution in [2.24, 2.45) is 5.92 Å². The molecule has 0 bridgehead atoms. The molecule has 0 aliphatic heterocycles. The SMILES string of the molecule is CCC[NH][Hf]([C]1=C(C)C(C)=C(C)C1C)[SiH](c1ccccc1)c1ccccc1.Cl.Cl. The largest absolute Gasteiger partial charge is 0.147 e. The van der Waals surface area contributed by atoms with E-state index in [1.165, 1.54) is 6.42 Å². The van der Waals surface area contributed by atoms with Crippen molar-refractivity contribution in [1.29, 1.82) is 0 Å². The Labute approximate surface area is 198 Å². The molecular weight excluding hydrogens is 580 g/mol. The van der Waals surface area contributed by atoms with E-state index >= 15 is 0 Å². The summed E-state index contributed by atoms with van der Waals surface area (Å²) < 4.78 is 6.04. The van der Waals surface area contributed by atoms with Crippen LogP contribution in [0.25, 0.3) is 0 Å². The van der Waals surface area contributed by atoms with E-state index in [1.807, 2.05) is 3.33 Å². The van der Waals surface area contributed by atoms with Crippen LogP contribution in [0.4, 0.5) is 0 Å². The average Bonchev–Trinajstić information content (AvgIpc) is 2.89. The minimum atomic E-state index is -2.29. The minimum absolute atomic E-state index is 0. The molecule has 2 aromatic rings. The molecule has 0 saturated carbocycles. The summed E-state index contributed by atoms with van der Waals surface area (Å²) in [5.41, 5.74) is 4.75. The van der Waals surface area contributed by atoms with Gasteiger partial charge in [0.2, 0.25) is 0 Å². The van der Waals surface area contributed by atoms with Gasteiger partial charge in [-0.1, -0.05) is 0 Å². The fraction of sp³-hybridized carbons (Fsp3) is 0.333. The molecule has 1 aliphatic rings. The number of halogens is 2. The Morgan fingerprint density at radius 2 is 1.31 bits per heavy atom. The molecule has 0 aromatic heterocycles. The molecule has 0 spiro atoms. The fourth-order valence-electron chi connectivity index (χ4n) is 4.23. The van der Waals surface area contributed by atoms with E-state index in [9.17, 15) is 0 Å². The first-order chi connectivity index (χ1) is 13.1. The Bertz CT molecular complexity index is 797. The van der Waals surface area contributed by atoms with Crippen LogP contribution >= 0.6 is 24.8 Å². The minimum Gasteiger partial charge on any atom is -0.147 e. The van der Waals surface area contributed by atoms with Gasteiger partial charge in [-0.15, -0.1) is 24.8 Å². The summed E-state index contributed by atoms with van der Waals surface area (Å²) in [4.78, 5) is 0. The van der Waals surface area contributed by atoms with Gasteiger partial charge < -0.3 is 0 Å². The first kappa shape index (κ1) is 26.6. The van der Waals surface area contributed by atoms with E-state index in [4.69, 9.17) is 0 Å². The van der Waals surface area contributed by atoms with Crippen molar-refractivity contribution < 1.29 is 20.9 Å². The van der Waals surface area contributed by atoms with Gasteiger partial charge in [0.1, 0.15) is 0 Å². The molecule has 2 aromatic carbocycles. The van der Waals surface area contributed by atoms with Crippen LogP contribution in [0.5, 0.6) is 0 Å². The number of hydrogen-bond donors (Lipinski definition) is 1. The summed E-state index contributed by atoms with van der Waals surface area (Å²) in [7, 11) is 0. The molecule has 1 N–H and O–H groups in total. The molecule has 0 saturated heterocycles. The first-order valence-electron chi connectivity index (χ1n) is 10.2. The summed E-state index contributed by atoms with van der Waals surface area (Å²) in [6.45, 7) is 13.0. The molecule has 0 radical (unpaired) electrons. The van der Waals surface area contributed by atoms with Crippen molar-refractivity contribution >= 4 is 41.2 Å². The van der Waals surface area contributed by atoms with Crippen LogP contribution in [0.2, 0.25) is 0 Å². The molecule has 0 heterocycles. The predicted molar refractivity (Wildman–Crippen MR) is 132 cm³/mol. The zero-order chi connectivity index (χ0) is 19.4. The summed E-state index contributed by atoms with van der Waals surface area (Å²) in [6, 6.07) is 22.8. The van der Waals surface area contributed by atoms with Gasteiger partial charge in [0.15, 0.2) is 0 Å². The van der Waals surface area contributed by atoms with Crippen LogP contribution < -0.4 is 13.7 Å². The second-order valence-corrected chi connectivity index (χ2v) is 27.0. The quantitative estimate of drug-likeness (QED) is 0.426.